The molecule has 0 unspecified atom stereocenters. The lowest BCUT2D eigenvalue weighted by Crippen LogP contribution is -2.68. The summed E-state index contributed by atoms with van der Waals surface area (Å²) in [5, 5.41) is 4.08. The van der Waals surface area contributed by atoms with E-state index in [-0.39, 0.29) is 24.5 Å². The van der Waals surface area contributed by atoms with Gasteiger partial charge in [-0.1, -0.05) is 18.2 Å². The van der Waals surface area contributed by atoms with Crippen molar-refractivity contribution >= 4 is 17.5 Å². The quantitative estimate of drug-likeness (QED) is 0.819. The molecule has 2 saturated heterocycles. The number of carbonyl (C=O) groups is 2. The van der Waals surface area contributed by atoms with Crippen LogP contribution in [0.3, 0.4) is 0 Å². The Morgan fingerprint density at radius 2 is 2.04 bits per heavy atom. The van der Waals surface area contributed by atoms with Crippen LogP contribution in [-0.2, 0) is 16.6 Å². The predicted molar refractivity (Wildman–Crippen MR) is 95.8 cm³/mol. The molecule has 7 nitrogen and oxygen atoms in total. The molecule has 0 aliphatic carbocycles. The fraction of sp³-hybridized carbons (Fsp3) is 0.421. The van der Waals surface area contributed by atoms with Crippen molar-refractivity contribution < 1.29 is 14.3 Å². The predicted octanol–water partition coefficient (Wildman–Crippen LogP) is 1.46. The van der Waals surface area contributed by atoms with Crippen molar-refractivity contribution in [1.29, 1.82) is 0 Å². The van der Waals surface area contributed by atoms with Crippen molar-refractivity contribution in [2.45, 2.75) is 25.0 Å². The van der Waals surface area contributed by atoms with Gasteiger partial charge in [0.1, 0.15) is 17.9 Å². The van der Waals surface area contributed by atoms with Crippen LogP contribution in [-0.4, -0.2) is 57.8 Å². The number of hydrogen-bond donors (Lipinski definition) is 0. The van der Waals surface area contributed by atoms with E-state index in [1.807, 2.05) is 42.2 Å². The van der Waals surface area contributed by atoms with E-state index in [1.165, 1.54) is 0 Å². The van der Waals surface area contributed by atoms with Gasteiger partial charge < -0.3 is 14.5 Å². The lowest BCUT2D eigenvalue weighted by atomic mass is 9.85. The number of fused-ring (bicyclic) bond motifs is 1. The van der Waals surface area contributed by atoms with Crippen LogP contribution in [0.25, 0.3) is 0 Å². The highest BCUT2D eigenvalue weighted by atomic mass is 16.5. The monoisotopic (exact) mass is 354 g/mol. The summed E-state index contributed by atoms with van der Waals surface area (Å²) in [6.45, 7) is 3.03. The van der Waals surface area contributed by atoms with Gasteiger partial charge in [-0.2, -0.15) is 5.10 Å². The number of nitrogens with zero attached hydrogens (tertiary/aromatic N) is 4. The molecule has 0 spiro atoms. The molecule has 2 fully saturated rings. The van der Waals surface area contributed by atoms with E-state index >= 15 is 0 Å². The van der Waals surface area contributed by atoms with Gasteiger partial charge in [0.05, 0.1) is 12.6 Å². The molecule has 1 aromatic heterocycles. The summed E-state index contributed by atoms with van der Waals surface area (Å²) < 4.78 is 7.54. The Hall–Kier alpha value is -2.67. The number of likely N-dealkylation sites (tertiary alicyclic amines) is 1. The first-order valence-electron chi connectivity index (χ1n) is 8.78. The van der Waals surface area contributed by atoms with Gasteiger partial charge >= 0.3 is 0 Å². The highest BCUT2D eigenvalue weighted by Gasteiger charge is 2.50. The van der Waals surface area contributed by atoms with Gasteiger partial charge in [0.2, 0.25) is 0 Å². The summed E-state index contributed by atoms with van der Waals surface area (Å²) in [5.74, 6) is -0.0958. The van der Waals surface area contributed by atoms with Gasteiger partial charge in [-0.15, -0.1) is 0 Å². The second-order valence-corrected chi connectivity index (χ2v) is 7.07. The number of para-hydroxylation sites is 1. The van der Waals surface area contributed by atoms with Crippen molar-refractivity contribution in [3.63, 3.8) is 0 Å². The molecule has 2 atom stereocenters. The third-order valence-corrected chi connectivity index (χ3v) is 5.35. The first kappa shape index (κ1) is 16.8. The van der Waals surface area contributed by atoms with Crippen LogP contribution >= 0.6 is 0 Å². The lowest BCUT2D eigenvalue weighted by molar-refractivity contribution is -0.149. The Balaban J connectivity index is 1.60. The van der Waals surface area contributed by atoms with E-state index < -0.39 is 5.60 Å². The summed E-state index contributed by atoms with van der Waals surface area (Å²) in [4.78, 5) is 29.0. The number of aromatic nitrogens is 2. The molecule has 4 rings (SSSR count). The first-order chi connectivity index (χ1) is 12.5. The SMILES string of the molecule is Cn1nccc1C(=O)N1CC[C@H]2N(c3ccccc3)C(=O)CO[C@]2(C)C1. The normalized spacial score (nSPS) is 25.9. The number of morpholine rings is 1. The number of ether oxygens (including phenoxy) is 1. The molecule has 0 saturated carbocycles. The Labute approximate surface area is 152 Å². The van der Waals surface area contributed by atoms with Crippen molar-refractivity contribution in [1.82, 2.24) is 14.7 Å². The van der Waals surface area contributed by atoms with E-state index in [0.29, 0.717) is 25.2 Å². The third-order valence-electron chi connectivity index (χ3n) is 5.35. The van der Waals surface area contributed by atoms with Crippen LogP contribution in [0.15, 0.2) is 42.6 Å². The average molecular weight is 354 g/mol. The average Bonchev–Trinajstić information content (AvgIpc) is 3.07. The Morgan fingerprint density at radius 3 is 2.73 bits per heavy atom. The van der Waals surface area contributed by atoms with Crippen LogP contribution < -0.4 is 4.90 Å². The van der Waals surface area contributed by atoms with Crippen molar-refractivity contribution in [3.05, 3.63) is 48.3 Å². The van der Waals surface area contributed by atoms with Crippen molar-refractivity contribution in [2.24, 2.45) is 7.05 Å². The van der Waals surface area contributed by atoms with Gasteiger partial charge in [0.25, 0.3) is 11.8 Å². The highest BCUT2D eigenvalue weighted by molar-refractivity contribution is 5.96. The van der Waals surface area contributed by atoms with Gasteiger partial charge in [-0.25, -0.2) is 0 Å². The maximum absolute atomic E-state index is 12.8. The standard InChI is InChI=1S/C19H22N4O3/c1-19-13-22(18(25)15-8-10-20-21(15)2)11-9-16(19)23(17(24)12-26-19)14-6-4-3-5-7-14/h3-8,10,16H,9,11-13H2,1-2H3/t16-,19-/m1/s1. The number of benzene rings is 1. The molecule has 26 heavy (non-hydrogen) atoms. The van der Waals surface area contributed by atoms with Crippen LogP contribution in [0.4, 0.5) is 5.69 Å². The number of hydrogen-bond acceptors (Lipinski definition) is 4. The minimum absolute atomic E-state index is 0.0234. The molecule has 0 N–H and O–H groups in total. The molecule has 3 heterocycles. The summed E-state index contributed by atoms with van der Waals surface area (Å²) in [6, 6.07) is 11.3. The number of rotatable bonds is 2. The summed E-state index contributed by atoms with van der Waals surface area (Å²) >= 11 is 0. The zero-order valence-corrected chi connectivity index (χ0v) is 15.0. The van der Waals surface area contributed by atoms with Crippen molar-refractivity contribution in [2.75, 3.05) is 24.6 Å². The summed E-state index contributed by atoms with van der Waals surface area (Å²) in [5.41, 5.74) is 0.832. The number of anilines is 1. The first-order valence-corrected chi connectivity index (χ1v) is 8.78. The van der Waals surface area contributed by atoms with Crippen LogP contribution in [0.5, 0.6) is 0 Å². The topological polar surface area (TPSA) is 67.7 Å². The van der Waals surface area contributed by atoms with E-state index in [9.17, 15) is 9.59 Å². The number of piperidine rings is 1. The molecular formula is C19H22N4O3. The Morgan fingerprint density at radius 1 is 1.27 bits per heavy atom. The molecule has 0 radical (unpaired) electrons. The number of carbonyl (C=O) groups excluding carboxylic acids is 2. The molecule has 136 valence electrons. The maximum Gasteiger partial charge on any atom is 0.272 e. The van der Waals surface area contributed by atoms with Gasteiger partial charge in [-0.05, 0) is 31.5 Å². The molecule has 2 amide bonds. The summed E-state index contributed by atoms with van der Waals surface area (Å²) in [6.07, 6.45) is 2.29. The largest absolute Gasteiger partial charge is 0.361 e. The fourth-order valence-corrected chi connectivity index (χ4v) is 3.99. The molecule has 1 aromatic carbocycles. The third kappa shape index (κ3) is 2.68. The lowest BCUT2D eigenvalue weighted by Gasteiger charge is -2.52. The molecule has 2 aromatic rings. The fourth-order valence-electron chi connectivity index (χ4n) is 3.99. The molecule has 2 aliphatic heterocycles. The van der Waals surface area contributed by atoms with Gasteiger partial charge in [-0.3, -0.25) is 14.3 Å². The second kappa shape index (κ2) is 6.25. The van der Waals surface area contributed by atoms with E-state index in [4.69, 9.17) is 4.74 Å². The highest BCUT2D eigenvalue weighted by Crippen LogP contribution is 2.36. The second-order valence-electron chi connectivity index (χ2n) is 7.07. The molecular weight excluding hydrogens is 332 g/mol. The van der Waals surface area contributed by atoms with E-state index in [0.717, 1.165) is 5.69 Å². The van der Waals surface area contributed by atoms with Crippen LogP contribution in [0.2, 0.25) is 0 Å². The minimum Gasteiger partial charge on any atom is -0.361 e. The molecule has 2 aliphatic rings. The summed E-state index contributed by atoms with van der Waals surface area (Å²) in [7, 11) is 1.76. The number of amides is 2. The molecule has 7 heteroatoms. The zero-order chi connectivity index (χ0) is 18.3. The smallest absolute Gasteiger partial charge is 0.272 e. The van der Waals surface area contributed by atoms with E-state index in [1.54, 1.807) is 28.9 Å². The van der Waals surface area contributed by atoms with Crippen molar-refractivity contribution in [3.8, 4) is 0 Å². The maximum atomic E-state index is 12.8. The number of aryl methyl sites for hydroxylation is 1. The minimum atomic E-state index is -0.601. The van der Waals surface area contributed by atoms with Crippen LogP contribution in [0.1, 0.15) is 23.8 Å². The van der Waals surface area contributed by atoms with Gasteiger partial charge in [0.15, 0.2) is 0 Å². The zero-order valence-electron chi connectivity index (χ0n) is 15.0. The molecule has 0 bridgehead atoms. The van der Waals surface area contributed by atoms with Gasteiger partial charge in [0, 0.05) is 25.5 Å². The Bertz CT molecular complexity index is 834. The Kier molecular flexibility index (Phi) is 4.03. The van der Waals surface area contributed by atoms with E-state index in [2.05, 4.69) is 5.10 Å². The van der Waals surface area contributed by atoms with Crippen LogP contribution in [0, 0.1) is 0 Å².